The van der Waals surface area contributed by atoms with Crippen molar-refractivity contribution < 1.29 is 9.53 Å². The molecule has 1 aromatic carbocycles. The number of nitrogens with zero attached hydrogens (tertiary/aromatic N) is 2. The number of benzene rings is 1. The second-order valence-electron chi connectivity index (χ2n) is 3.26. The van der Waals surface area contributed by atoms with Crippen molar-refractivity contribution in [1.82, 2.24) is 9.97 Å². The third-order valence-corrected chi connectivity index (χ3v) is 2.10. The first-order valence-corrected chi connectivity index (χ1v) is 5.02. The van der Waals surface area contributed by atoms with Crippen molar-refractivity contribution in [3.63, 3.8) is 0 Å². The van der Waals surface area contributed by atoms with E-state index in [1.165, 1.54) is 12.4 Å². The molecular weight excluding hydrogens is 218 g/mol. The molecule has 17 heavy (non-hydrogen) atoms. The number of rotatable bonds is 3. The zero-order valence-electron chi connectivity index (χ0n) is 9.25. The minimum absolute atomic E-state index is 0.135. The Morgan fingerprint density at radius 3 is 2.71 bits per heavy atom. The van der Waals surface area contributed by atoms with E-state index in [0.29, 0.717) is 11.4 Å². The van der Waals surface area contributed by atoms with Crippen LogP contribution in [-0.4, -0.2) is 23.0 Å². The van der Waals surface area contributed by atoms with E-state index in [0.717, 1.165) is 0 Å². The van der Waals surface area contributed by atoms with E-state index in [-0.39, 0.29) is 11.7 Å². The van der Waals surface area contributed by atoms with E-state index in [9.17, 15) is 4.79 Å². The van der Waals surface area contributed by atoms with Crippen LogP contribution in [0.1, 0.15) is 10.6 Å². The summed E-state index contributed by atoms with van der Waals surface area (Å²) in [5, 5.41) is 2.69. The quantitative estimate of drug-likeness (QED) is 0.870. The number of nitrogens with one attached hydrogen (secondary N) is 1. The number of methoxy groups -OCH3 is 1. The van der Waals surface area contributed by atoms with Gasteiger partial charge in [-0.15, -0.1) is 0 Å². The Labute approximate surface area is 98.5 Å². The molecule has 0 saturated heterocycles. The molecule has 0 aliphatic carbocycles. The van der Waals surface area contributed by atoms with Gasteiger partial charge in [-0.05, 0) is 18.2 Å². The van der Waals surface area contributed by atoms with Crippen LogP contribution in [0, 0.1) is 0 Å². The van der Waals surface area contributed by atoms with Crippen LogP contribution in [0.5, 0.6) is 5.75 Å². The third-order valence-electron chi connectivity index (χ3n) is 2.10. The molecule has 0 spiro atoms. The number of anilines is 1. The van der Waals surface area contributed by atoms with E-state index >= 15 is 0 Å². The first-order valence-electron chi connectivity index (χ1n) is 5.02. The van der Waals surface area contributed by atoms with Gasteiger partial charge in [-0.3, -0.25) is 4.79 Å². The third kappa shape index (κ3) is 2.78. The Hall–Kier alpha value is -2.43. The van der Waals surface area contributed by atoms with E-state index in [1.54, 1.807) is 37.4 Å². The van der Waals surface area contributed by atoms with Crippen LogP contribution < -0.4 is 10.1 Å². The van der Waals surface area contributed by atoms with Crippen LogP contribution in [0.4, 0.5) is 5.69 Å². The maximum atomic E-state index is 11.7. The van der Waals surface area contributed by atoms with Crippen molar-refractivity contribution >= 4 is 11.6 Å². The molecule has 1 heterocycles. The zero-order valence-corrected chi connectivity index (χ0v) is 9.25. The molecule has 2 aromatic rings. The standard InChI is InChI=1S/C12H11N3O2/c1-17-10-5-2-4-9(8-10)15-12(16)11-13-6-3-7-14-11/h2-8H,1H3,(H,15,16). The smallest absolute Gasteiger partial charge is 0.293 e. The van der Waals surface area contributed by atoms with Gasteiger partial charge in [0.1, 0.15) is 5.75 Å². The van der Waals surface area contributed by atoms with Gasteiger partial charge in [0, 0.05) is 24.1 Å². The van der Waals surface area contributed by atoms with E-state index in [4.69, 9.17) is 4.74 Å². The lowest BCUT2D eigenvalue weighted by Gasteiger charge is -2.05. The summed E-state index contributed by atoms with van der Waals surface area (Å²) < 4.78 is 5.06. The normalized spacial score (nSPS) is 9.71. The van der Waals surface area contributed by atoms with Gasteiger partial charge >= 0.3 is 0 Å². The highest BCUT2D eigenvalue weighted by atomic mass is 16.5. The molecule has 5 heteroatoms. The average molecular weight is 229 g/mol. The molecule has 0 radical (unpaired) electrons. The van der Waals surface area contributed by atoms with Gasteiger partial charge in [-0.2, -0.15) is 0 Å². The topological polar surface area (TPSA) is 64.1 Å². The Morgan fingerprint density at radius 2 is 2.00 bits per heavy atom. The van der Waals surface area contributed by atoms with Crippen molar-refractivity contribution in [2.45, 2.75) is 0 Å². The van der Waals surface area contributed by atoms with Crippen LogP contribution >= 0.6 is 0 Å². The van der Waals surface area contributed by atoms with Gasteiger partial charge in [0.05, 0.1) is 7.11 Å². The van der Waals surface area contributed by atoms with Crippen LogP contribution in [-0.2, 0) is 0 Å². The van der Waals surface area contributed by atoms with Crippen LogP contribution in [0.25, 0.3) is 0 Å². The van der Waals surface area contributed by atoms with Gasteiger partial charge in [0.25, 0.3) is 5.91 Å². The maximum absolute atomic E-state index is 11.7. The summed E-state index contributed by atoms with van der Waals surface area (Å²) in [5.41, 5.74) is 0.641. The summed E-state index contributed by atoms with van der Waals surface area (Å²) in [6, 6.07) is 8.74. The highest BCUT2D eigenvalue weighted by molar-refractivity contribution is 6.01. The fourth-order valence-electron chi connectivity index (χ4n) is 1.30. The predicted octanol–water partition coefficient (Wildman–Crippen LogP) is 1.74. The van der Waals surface area contributed by atoms with Crippen molar-refractivity contribution in [3.05, 3.63) is 48.5 Å². The van der Waals surface area contributed by atoms with Gasteiger partial charge in [-0.25, -0.2) is 9.97 Å². The first kappa shape index (κ1) is 11.1. The molecule has 0 atom stereocenters. The SMILES string of the molecule is COc1cccc(NC(=O)c2ncccn2)c1. The molecule has 86 valence electrons. The Bertz CT molecular complexity index is 514. The monoisotopic (exact) mass is 229 g/mol. The Kier molecular flexibility index (Phi) is 3.30. The minimum atomic E-state index is -0.348. The lowest BCUT2D eigenvalue weighted by molar-refractivity contribution is 0.101. The number of carbonyl (C=O) groups excluding carboxylic acids is 1. The number of hydrogen-bond donors (Lipinski definition) is 1. The van der Waals surface area contributed by atoms with Gasteiger partial charge in [-0.1, -0.05) is 6.07 Å². The average Bonchev–Trinajstić information content (AvgIpc) is 2.40. The minimum Gasteiger partial charge on any atom is -0.497 e. The fourth-order valence-corrected chi connectivity index (χ4v) is 1.30. The van der Waals surface area contributed by atoms with Gasteiger partial charge in [0.15, 0.2) is 0 Å². The molecule has 0 bridgehead atoms. The molecule has 0 fully saturated rings. The number of amides is 1. The molecule has 0 aliphatic heterocycles. The van der Waals surface area contributed by atoms with E-state index in [1.807, 2.05) is 0 Å². The summed E-state index contributed by atoms with van der Waals surface area (Å²) in [5.74, 6) is 0.464. The molecule has 5 nitrogen and oxygen atoms in total. The molecular formula is C12H11N3O2. The van der Waals surface area contributed by atoms with Gasteiger partial charge < -0.3 is 10.1 Å². The molecule has 2 rings (SSSR count). The van der Waals surface area contributed by atoms with E-state index in [2.05, 4.69) is 15.3 Å². The van der Waals surface area contributed by atoms with E-state index < -0.39 is 0 Å². The number of ether oxygens (including phenoxy) is 1. The molecule has 1 aromatic heterocycles. The fraction of sp³-hybridized carbons (Fsp3) is 0.0833. The first-order chi connectivity index (χ1) is 8.29. The second-order valence-corrected chi connectivity index (χ2v) is 3.26. The lowest BCUT2D eigenvalue weighted by atomic mass is 10.3. The Morgan fingerprint density at radius 1 is 1.24 bits per heavy atom. The zero-order chi connectivity index (χ0) is 12.1. The van der Waals surface area contributed by atoms with Gasteiger partial charge in [0.2, 0.25) is 5.82 Å². The highest BCUT2D eigenvalue weighted by Gasteiger charge is 2.08. The summed E-state index contributed by atoms with van der Waals surface area (Å²) in [7, 11) is 1.57. The number of carbonyl (C=O) groups is 1. The molecule has 0 aliphatic rings. The van der Waals surface area contributed by atoms with Crippen LogP contribution in [0.15, 0.2) is 42.7 Å². The summed E-state index contributed by atoms with van der Waals surface area (Å²) >= 11 is 0. The summed E-state index contributed by atoms with van der Waals surface area (Å²) in [6.45, 7) is 0. The van der Waals surface area contributed by atoms with Crippen molar-refractivity contribution in [2.75, 3.05) is 12.4 Å². The second kappa shape index (κ2) is 5.07. The van der Waals surface area contributed by atoms with Crippen molar-refractivity contribution in [1.29, 1.82) is 0 Å². The summed E-state index contributed by atoms with van der Waals surface area (Å²) in [4.78, 5) is 19.5. The maximum Gasteiger partial charge on any atom is 0.293 e. The molecule has 1 amide bonds. The predicted molar refractivity (Wildman–Crippen MR) is 63.0 cm³/mol. The van der Waals surface area contributed by atoms with Crippen molar-refractivity contribution in [2.24, 2.45) is 0 Å². The number of aromatic nitrogens is 2. The largest absolute Gasteiger partial charge is 0.497 e. The van der Waals surface area contributed by atoms with Crippen LogP contribution in [0.2, 0.25) is 0 Å². The van der Waals surface area contributed by atoms with Crippen molar-refractivity contribution in [3.8, 4) is 5.75 Å². The highest BCUT2D eigenvalue weighted by Crippen LogP contribution is 2.16. The molecule has 0 saturated carbocycles. The summed E-state index contributed by atoms with van der Waals surface area (Å²) in [6.07, 6.45) is 3.04. The number of hydrogen-bond acceptors (Lipinski definition) is 4. The Balaban J connectivity index is 2.13. The molecule has 1 N–H and O–H groups in total. The van der Waals surface area contributed by atoms with Crippen LogP contribution in [0.3, 0.4) is 0 Å². The molecule has 0 unspecified atom stereocenters. The lowest BCUT2D eigenvalue weighted by Crippen LogP contribution is -2.15.